The average Bonchev–Trinajstić information content (AvgIpc) is 3.36. The highest BCUT2D eigenvalue weighted by Crippen LogP contribution is 2.45. The number of nitrogens with zero attached hydrogens (tertiary/aromatic N) is 4. The number of hydrogen-bond acceptors (Lipinski definition) is 5. The fourth-order valence-electron chi connectivity index (χ4n) is 4.83. The minimum absolute atomic E-state index is 0.0444. The molecule has 2 aromatic carbocycles. The van der Waals surface area contributed by atoms with Gasteiger partial charge in [-0.15, -0.1) is 0 Å². The summed E-state index contributed by atoms with van der Waals surface area (Å²) < 4.78 is 33.7. The van der Waals surface area contributed by atoms with Crippen LogP contribution in [0, 0.1) is 0 Å². The van der Waals surface area contributed by atoms with Crippen LogP contribution in [0.25, 0.3) is 11.0 Å². The number of ether oxygens (including phenoxy) is 1. The molecule has 0 radical (unpaired) electrons. The molecule has 1 atom stereocenters. The van der Waals surface area contributed by atoms with Crippen molar-refractivity contribution in [3.8, 4) is 0 Å². The molecule has 0 bridgehead atoms. The van der Waals surface area contributed by atoms with Crippen LogP contribution in [0.3, 0.4) is 0 Å². The third-order valence-corrected chi connectivity index (χ3v) is 6.21. The minimum Gasteiger partial charge on any atom is -0.454 e. The lowest BCUT2D eigenvalue weighted by atomic mass is 9.96. The zero-order chi connectivity index (χ0) is 23.3. The number of amides is 2. The Balaban J connectivity index is 1.53. The second-order valence-corrected chi connectivity index (χ2v) is 7.85. The number of aromatic nitrogens is 2. The number of fused-ring (bicyclic) bond motifs is 4. The van der Waals surface area contributed by atoms with Crippen LogP contribution in [0.15, 0.2) is 48.5 Å². The molecule has 0 saturated carbocycles. The van der Waals surface area contributed by atoms with E-state index in [0.717, 1.165) is 0 Å². The Hall–Kier alpha value is -3.82. The number of alkyl halides is 2. The number of hydrogen-bond donors (Lipinski definition) is 0. The van der Waals surface area contributed by atoms with Crippen LogP contribution in [0.4, 0.5) is 14.5 Å². The van der Waals surface area contributed by atoms with Crippen LogP contribution in [0.2, 0.25) is 0 Å². The molecule has 5 rings (SSSR count). The second kappa shape index (κ2) is 7.65. The summed E-state index contributed by atoms with van der Waals surface area (Å²) in [5, 5.41) is 0. The van der Waals surface area contributed by atoms with Gasteiger partial charge in [0.05, 0.1) is 22.3 Å². The number of imidazole rings is 1. The molecular formula is C23H20F2N4O4. The number of para-hydroxylation sites is 3. The lowest BCUT2D eigenvalue weighted by Crippen LogP contribution is -2.68. The van der Waals surface area contributed by atoms with E-state index >= 15 is 0 Å². The number of esters is 1. The molecule has 0 aliphatic carbocycles. The van der Waals surface area contributed by atoms with E-state index in [1.54, 1.807) is 49.4 Å². The number of benzene rings is 2. The number of rotatable bonds is 5. The van der Waals surface area contributed by atoms with E-state index in [4.69, 9.17) is 4.74 Å². The first-order chi connectivity index (χ1) is 15.9. The second-order valence-electron chi connectivity index (χ2n) is 7.85. The summed E-state index contributed by atoms with van der Waals surface area (Å²) in [6, 6.07) is 13.0. The van der Waals surface area contributed by atoms with Gasteiger partial charge >= 0.3 is 12.5 Å². The molecular weight excluding hydrogens is 434 g/mol. The molecule has 1 saturated heterocycles. The summed E-state index contributed by atoms with van der Waals surface area (Å²) in [6.45, 7) is -1.56. The van der Waals surface area contributed by atoms with Gasteiger partial charge in [-0.1, -0.05) is 24.3 Å². The van der Waals surface area contributed by atoms with Gasteiger partial charge in [0.1, 0.15) is 6.61 Å². The summed E-state index contributed by atoms with van der Waals surface area (Å²) in [7, 11) is 0. The maximum atomic E-state index is 13.7. The minimum atomic E-state index is -2.89. The monoisotopic (exact) mass is 454 g/mol. The predicted octanol–water partition coefficient (Wildman–Crippen LogP) is 3.47. The molecule has 10 heteroatoms. The molecule has 170 valence electrons. The van der Waals surface area contributed by atoms with Crippen molar-refractivity contribution in [2.45, 2.75) is 38.6 Å². The third kappa shape index (κ3) is 2.93. The van der Waals surface area contributed by atoms with E-state index in [-0.39, 0.29) is 36.6 Å². The molecule has 2 amide bonds. The molecule has 1 aromatic heterocycles. The van der Waals surface area contributed by atoms with Gasteiger partial charge in [0.2, 0.25) is 11.6 Å². The normalized spacial score (nSPS) is 19.9. The van der Waals surface area contributed by atoms with E-state index in [1.165, 1.54) is 15.9 Å². The quantitative estimate of drug-likeness (QED) is 0.551. The highest BCUT2D eigenvalue weighted by molar-refractivity contribution is 6.15. The smallest absolute Gasteiger partial charge is 0.354 e. The first-order valence-electron chi connectivity index (χ1n) is 10.6. The van der Waals surface area contributed by atoms with E-state index in [0.29, 0.717) is 21.3 Å². The Morgan fingerprint density at radius 3 is 2.64 bits per heavy atom. The number of anilines is 1. The van der Waals surface area contributed by atoms with Gasteiger partial charge in [0.25, 0.3) is 5.91 Å². The predicted molar refractivity (Wildman–Crippen MR) is 113 cm³/mol. The van der Waals surface area contributed by atoms with Gasteiger partial charge in [-0.3, -0.25) is 19.1 Å². The van der Waals surface area contributed by atoms with E-state index < -0.39 is 30.7 Å². The third-order valence-electron chi connectivity index (χ3n) is 6.21. The Kier molecular flexibility index (Phi) is 4.88. The number of carbonyl (C=O) groups excluding carboxylic acids is 3. The van der Waals surface area contributed by atoms with Gasteiger partial charge in [-0.2, -0.15) is 8.78 Å². The van der Waals surface area contributed by atoms with Crippen molar-refractivity contribution in [3.05, 3.63) is 59.9 Å². The molecule has 2 aliphatic heterocycles. The zero-order valence-electron chi connectivity index (χ0n) is 17.7. The molecule has 3 aromatic rings. The first-order valence-corrected chi connectivity index (χ1v) is 10.6. The Labute approximate surface area is 187 Å². The fraction of sp³-hybridized carbons (Fsp3) is 0.304. The van der Waals surface area contributed by atoms with Crippen LogP contribution in [0.5, 0.6) is 0 Å². The Bertz CT molecular complexity index is 1290. The summed E-state index contributed by atoms with van der Waals surface area (Å²) in [4.78, 5) is 46.4. The van der Waals surface area contributed by atoms with Crippen molar-refractivity contribution in [2.24, 2.45) is 0 Å². The van der Waals surface area contributed by atoms with Gasteiger partial charge < -0.3 is 9.64 Å². The molecule has 2 aliphatic rings. The van der Waals surface area contributed by atoms with Crippen LogP contribution in [-0.2, 0) is 20.9 Å². The molecule has 3 heterocycles. The summed E-state index contributed by atoms with van der Waals surface area (Å²) in [6.07, 6.45) is 0.0899. The van der Waals surface area contributed by atoms with Crippen molar-refractivity contribution in [1.29, 1.82) is 0 Å². The lowest BCUT2D eigenvalue weighted by Gasteiger charge is -2.48. The zero-order valence-corrected chi connectivity index (χ0v) is 17.7. The molecule has 0 N–H and O–H groups in total. The van der Waals surface area contributed by atoms with Crippen LogP contribution >= 0.6 is 0 Å². The van der Waals surface area contributed by atoms with Crippen molar-refractivity contribution >= 4 is 34.5 Å². The van der Waals surface area contributed by atoms with Crippen LogP contribution < -0.4 is 4.90 Å². The van der Waals surface area contributed by atoms with Gasteiger partial charge in [0.15, 0.2) is 5.82 Å². The largest absolute Gasteiger partial charge is 0.454 e. The Morgan fingerprint density at radius 1 is 1.15 bits per heavy atom. The van der Waals surface area contributed by atoms with Crippen molar-refractivity contribution < 1.29 is 27.9 Å². The number of halogens is 2. The SMILES string of the molecule is CCN1C(=O)c2ccccc2N2C(=O)CCC12C(=O)OCc1nc2ccccc2n1C(F)F. The van der Waals surface area contributed by atoms with E-state index in [1.807, 2.05) is 0 Å². The standard InChI is InChI=1S/C23H20F2N4O4/c1-2-27-20(31)14-7-3-5-9-16(14)29-19(30)11-12-23(27,29)21(32)33-13-18-26-15-8-4-6-10-17(15)28(18)22(24)25/h3-10,22H,2,11-13H2,1H3. The molecule has 0 spiro atoms. The topological polar surface area (TPSA) is 84.7 Å². The van der Waals surface area contributed by atoms with Gasteiger partial charge in [-0.25, -0.2) is 9.78 Å². The van der Waals surface area contributed by atoms with Crippen molar-refractivity contribution in [3.63, 3.8) is 0 Å². The van der Waals surface area contributed by atoms with Crippen molar-refractivity contribution in [2.75, 3.05) is 11.4 Å². The number of likely N-dealkylation sites (N-methyl/N-ethyl adjacent to an activating group) is 1. The van der Waals surface area contributed by atoms with E-state index in [2.05, 4.69) is 4.98 Å². The molecule has 1 unspecified atom stereocenters. The molecule has 8 nitrogen and oxygen atoms in total. The molecule has 1 fully saturated rings. The summed E-state index contributed by atoms with van der Waals surface area (Å²) >= 11 is 0. The summed E-state index contributed by atoms with van der Waals surface area (Å²) in [5.41, 5.74) is -0.453. The maximum absolute atomic E-state index is 13.7. The number of carbonyl (C=O) groups is 3. The molecule has 33 heavy (non-hydrogen) atoms. The van der Waals surface area contributed by atoms with Crippen LogP contribution in [0.1, 0.15) is 42.5 Å². The lowest BCUT2D eigenvalue weighted by molar-refractivity contribution is -0.159. The maximum Gasteiger partial charge on any atom is 0.354 e. The first kappa shape index (κ1) is 21.0. The van der Waals surface area contributed by atoms with Crippen molar-refractivity contribution in [1.82, 2.24) is 14.5 Å². The average molecular weight is 454 g/mol. The Morgan fingerprint density at radius 2 is 1.88 bits per heavy atom. The van der Waals surface area contributed by atoms with Gasteiger partial charge in [-0.05, 0) is 31.2 Å². The fourth-order valence-corrected chi connectivity index (χ4v) is 4.83. The highest BCUT2D eigenvalue weighted by atomic mass is 19.3. The van der Waals surface area contributed by atoms with Crippen LogP contribution in [-0.4, -0.2) is 44.4 Å². The van der Waals surface area contributed by atoms with E-state index in [9.17, 15) is 23.2 Å². The summed E-state index contributed by atoms with van der Waals surface area (Å²) in [5.74, 6) is -1.69. The highest BCUT2D eigenvalue weighted by Gasteiger charge is 2.61. The van der Waals surface area contributed by atoms with Gasteiger partial charge in [0, 0.05) is 19.4 Å².